The van der Waals surface area contributed by atoms with Crippen molar-refractivity contribution < 1.29 is 14.7 Å². The van der Waals surface area contributed by atoms with E-state index in [-0.39, 0.29) is 29.9 Å². The van der Waals surface area contributed by atoms with E-state index in [2.05, 4.69) is 10.6 Å². The molecule has 1 aliphatic rings. The van der Waals surface area contributed by atoms with Crippen molar-refractivity contribution in [3.8, 4) is 0 Å². The maximum atomic E-state index is 12.7. The number of aliphatic hydroxyl groups is 1. The van der Waals surface area contributed by atoms with Crippen LogP contribution in [0.5, 0.6) is 0 Å². The van der Waals surface area contributed by atoms with E-state index < -0.39 is 6.04 Å². The van der Waals surface area contributed by atoms with Gasteiger partial charge in [-0.05, 0) is 43.7 Å². The fourth-order valence-electron chi connectivity index (χ4n) is 3.03. The molecule has 1 aliphatic carbocycles. The summed E-state index contributed by atoms with van der Waals surface area (Å²) in [5.41, 5.74) is 0.555. The lowest BCUT2D eigenvalue weighted by atomic mass is 9.92. The smallest absolute Gasteiger partial charge is 0.251 e. The minimum Gasteiger partial charge on any atom is -0.393 e. The van der Waals surface area contributed by atoms with Crippen LogP contribution in [0.4, 0.5) is 0 Å². The number of nitrogens with one attached hydrogen (secondary N) is 2. The van der Waals surface area contributed by atoms with Crippen LogP contribution in [-0.2, 0) is 4.79 Å². The molecule has 132 valence electrons. The molecule has 3 N–H and O–H groups in total. The summed E-state index contributed by atoms with van der Waals surface area (Å²) in [6.45, 7) is 3.98. The highest BCUT2D eigenvalue weighted by atomic mass is 16.3. The molecule has 2 unspecified atom stereocenters. The Balaban J connectivity index is 1.99. The highest BCUT2D eigenvalue weighted by Gasteiger charge is 2.29. The molecule has 5 nitrogen and oxygen atoms in total. The number of benzene rings is 1. The summed E-state index contributed by atoms with van der Waals surface area (Å²) in [6.07, 6.45) is 3.56. The van der Waals surface area contributed by atoms with Crippen LogP contribution in [-0.4, -0.2) is 35.1 Å². The predicted molar refractivity (Wildman–Crippen MR) is 93.6 cm³/mol. The van der Waals surface area contributed by atoms with Crippen LogP contribution >= 0.6 is 0 Å². The fourth-order valence-corrected chi connectivity index (χ4v) is 3.03. The van der Waals surface area contributed by atoms with E-state index in [1.807, 2.05) is 19.9 Å². The zero-order chi connectivity index (χ0) is 17.5. The van der Waals surface area contributed by atoms with Gasteiger partial charge in [0, 0.05) is 11.6 Å². The van der Waals surface area contributed by atoms with Crippen molar-refractivity contribution in [2.24, 2.45) is 5.92 Å². The Bertz CT molecular complexity index is 539. The Morgan fingerprint density at radius 1 is 1.17 bits per heavy atom. The van der Waals surface area contributed by atoms with Gasteiger partial charge in [0.15, 0.2) is 0 Å². The van der Waals surface area contributed by atoms with Gasteiger partial charge in [-0.3, -0.25) is 9.59 Å². The third-order valence-corrected chi connectivity index (χ3v) is 4.86. The number of hydrogen-bond donors (Lipinski definition) is 3. The van der Waals surface area contributed by atoms with Gasteiger partial charge in [0.25, 0.3) is 5.91 Å². The first-order chi connectivity index (χ1) is 11.5. The number of rotatable bonds is 6. The topological polar surface area (TPSA) is 78.4 Å². The van der Waals surface area contributed by atoms with Crippen molar-refractivity contribution in [3.63, 3.8) is 0 Å². The Kier molecular flexibility index (Phi) is 6.79. The first-order valence-electron chi connectivity index (χ1n) is 8.85. The molecule has 0 saturated heterocycles. The molecule has 0 radical (unpaired) electrons. The molecule has 0 bridgehead atoms. The highest BCUT2D eigenvalue weighted by molar-refractivity contribution is 5.97. The molecule has 0 spiro atoms. The molecule has 2 atom stereocenters. The second kappa shape index (κ2) is 8.83. The quantitative estimate of drug-likeness (QED) is 0.747. The lowest BCUT2D eigenvalue weighted by molar-refractivity contribution is -0.125. The molecule has 0 aliphatic heterocycles. The largest absolute Gasteiger partial charge is 0.393 e. The zero-order valence-electron chi connectivity index (χ0n) is 14.5. The number of aliphatic hydroxyl groups excluding tert-OH is 1. The maximum Gasteiger partial charge on any atom is 0.251 e. The summed E-state index contributed by atoms with van der Waals surface area (Å²) < 4.78 is 0. The Labute approximate surface area is 143 Å². The van der Waals surface area contributed by atoms with Crippen molar-refractivity contribution >= 4 is 11.8 Å². The standard InChI is InChI=1S/C19H28N2O3/c1-3-13(2)17(21-18(23)14-7-5-4-6-8-14)19(24)20-15-9-11-16(22)12-10-15/h4-8,13,15-17,22H,3,9-12H2,1-2H3,(H,20,24)(H,21,23). The average Bonchev–Trinajstić information content (AvgIpc) is 2.61. The summed E-state index contributed by atoms with van der Waals surface area (Å²) in [7, 11) is 0. The number of hydrogen-bond acceptors (Lipinski definition) is 3. The molecule has 0 aromatic heterocycles. The van der Waals surface area contributed by atoms with Crippen molar-refractivity contribution in [1.29, 1.82) is 0 Å². The van der Waals surface area contributed by atoms with Gasteiger partial charge in [-0.2, -0.15) is 0 Å². The molecule has 1 saturated carbocycles. The first-order valence-corrected chi connectivity index (χ1v) is 8.85. The van der Waals surface area contributed by atoms with Crippen molar-refractivity contribution in [3.05, 3.63) is 35.9 Å². The van der Waals surface area contributed by atoms with Crippen LogP contribution in [0, 0.1) is 5.92 Å². The SMILES string of the molecule is CCC(C)C(NC(=O)c1ccccc1)C(=O)NC1CCC(O)CC1. The Hall–Kier alpha value is -1.88. The van der Waals surface area contributed by atoms with Gasteiger partial charge in [0.2, 0.25) is 5.91 Å². The third-order valence-electron chi connectivity index (χ3n) is 4.86. The maximum absolute atomic E-state index is 12.7. The van der Waals surface area contributed by atoms with Gasteiger partial charge in [0.05, 0.1) is 6.10 Å². The second-order valence-electron chi connectivity index (χ2n) is 6.72. The van der Waals surface area contributed by atoms with Crippen LogP contribution in [0.25, 0.3) is 0 Å². The van der Waals surface area contributed by atoms with Crippen molar-refractivity contribution in [2.75, 3.05) is 0 Å². The summed E-state index contributed by atoms with van der Waals surface area (Å²) >= 11 is 0. The second-order valence-corrected chi connectivity index (χ2v) is 6.72. The summed E-state index contributed by atoms with van der Waals surface area (Å²) in [4.78, 5) is 25.1. The Morgan fingerprint density at radius 2 is 1.79 bits per heavy atom. The lowest BCUT2D eigenvalue weighted by Crippen LogP contribution is -2.53. The molecule has 2 rings (SSSR count). The normalized spacial score (nSPS) is 23.1. The first kappa shape index (κ1) is 18.5. The van der Waals surface area contributed by atoms with Gasteiger partial charge in [0.1, 0.15) is 6.04 Å². The van der Waals surface area contributed by atoms with E-state index in [0.29, 0.717) is 5.56 Å². The average molecular weight is 332 g/mol. The van der Waals surface area contributed by atoms with Crippen LogP contribution < -0.4 is 10.6 Å². The van der Waals surface area contributed by atoms with E-state index in [9.17, 15) is 14.7 Å². The highest BCUT2D eigenvalue weighted by Crippen LogP contribution is 2.19. The number of amides is 2. The van der Waals surface area contributed by atoms with E-state index in [0.717, 1.165) is 32.1 Å². The van der Waals surface area contributed by atoms with Gasteiger partial charge in [-0.15, -0.1) is 0 Å². The third kappa shape index (κ3) is 5.06. The molecular weight excluding hydrogens is 304 g/mol. The summed E-state index contributed by atoms with van der Waals surface area (Å²) in [5, 5.41) is 15.5. The minimum absolute atomic E-state index is 0.0480. The molecule has 1 fully saturated rings. The molecule has 0 heterocycles. The van der Waals surface area contributed by atoms with E-state index in [1.165, 1.54) is 0 Å². The van der Waals surface area contributed by atoms with Crippen LogP contribution in [0.3, 0.4) is 0 Å². The molecule has 1 aromatic rings. The molecule has 5 heteroatoms. The van der Waals surface area contributed by atoms with E-state index >= 15 is 0 Å². The van der Waals surface area contributed by atoms with Crippen LogP contribution in [0.2, 0.25) is 0 Å². The van der Waals surface area contributed by atoms with E-state index in [4.69, 9.17) is 0 Å². The van der Waals surface area contributed by atoms with Crippen molar-refractivity contribution in [2.45, 2.75) is 64.1 Å². The molecule has 2 amide bonds. The van der Waals surface area contributed by atoms with Gasteiger partial charge in [-0.25, -0.2) is 0 Å². The monoisotopic (exact) mass is 332 g/mol. The lowest BCUT2D eigenvalue weighted by Gasteiger charge is -2.30. The fraction of sp³-hybridized carbons (Fsp3) is 0.579. The Morgan fingerprint density at radius 3 is 2.38 bits per heavy atom. The van der Waals surface area contributed by atoms with Gasteiger partial charge >= 0.3 is 0 Å². The predicted octanol–water partition coefficient (Wildman–Crippen LogP) is 2.25. The minimum atomic E-state index is -0.547. The van der Waals surface area contributed by atoms with Gasteiger partial charge < -0.3 is 15.7 Å². The van der Waals surface area contributed by atoms with Crippen LogP contribution in [0.1, 0.15) is 56.3 Å². The van der Waals surface area contributed by atoms with E-state index in [1.54, 1.807) is 24.3 Å². The number of carbonyl (C=O) groups excluding carboxylic acids is 2. The van der Waals surface area contributed by atoms with Gasteiger partial charge in [-0.1, -0.05) is 38.5 Å². The molecule has 1 aromatic carbocycles. The summed E-state index contributed by atoms with van der Waals surface area (Å²) in [6, 6.07) is 8.48. The number of carbonyl (C=O) groups is 2. The van der Waals surface area contributed by atoms with Crippen LogP contribution in [0.15, 0.2) is 30.3 Å². The summed E-state index contributed by atoms with van der Waals surface area (Å²) in [5.74, 6) is -0.308. The zero-order valence-corrected chi connectivity index (χ0v) is 14.5. The molecular formula is C19H28N2O3. The van der Waals surface area contributed by atoms with Crippen molar-refractivity contribution in [1.82, 2.24) is 10.6 Å². The molecule has 24 heavy (non-hydrogen) atoms.